The number of aliphatic hydroxyl groups excluding tert-OH is 2. The summed E-state index contributed by atoms with van der Waals surface area (Å²) in [5.74, 6) is -0.358. The number of rotatable bonds is 6. The van der Waals surface area contributed by atoms with Crippen LogP contribution in [-0.2, 0) is 10.2 Å². The Bertz CT molecular complexity index is 423. The van der Waals surface area contributed by atoms with Gasteiger partial charge in [-0.15, -0.1) is 0 Å². The molecule has 2 rings (SSSR count). The van der Waals surface area contributed by atoms with Crippen molar-refractivity contribution in [3.05, 3.63) is 29.6 Å². The molecule has 0 radical (unpaired) electrons. The highest BCUT2D eigenvalue weighted by molar-refractivity contribution is 5.39. The minimum atomic E-state index is -0.491. The Balaban J connectivity index is 2.18. The van der Waals surface area contributed by atoms with Crippen molar-refractivity contribution < 1.29 is 24.1 Å². The molecule has 2 atom stereocenters. The van der Waals surface area contributed by atoms with Gasteiger partial charge in [0, 0.05) is 19.1 Å². The molecule has 1 aliphatic rings. The van der Waals surface area contributed by atoms with E-state index in [0.717, 1.165) is 0 Å². The fourth-order valence-corrected chi connectivity index (χ4v) is 2.31. The number of hydrogen-bond acceptors (Lipinski definition) is 4. The second-order valence-electron chi connectivity index (χ2n) is 4.59. The zero-order chi connectivity index (χ0) is 13.2. The molecule has 0 heterocycles. The van der Waals surface area contributed by atoms with Gasteiger partial charge in [0.2, 0.25) is 0 Å². The van der Waals surface area contributed by atoms with Crippen molar-refractivity contribution in [3.8, 4) is 5.75 Å². The molecule has 0 bridgehead atoms. The molecule has 2 N–H and O–H groups in total. The van der Waals surface area contributed by atoms with E-state index in [0.29, 0.717) is 12.0 Å². The molecule has 0 aliphatic heterocycles. The summed E-state index contributed by atoms with van der Waals surface area (Å²) in [7, 11) is 1.46. The maximum absolute atomic E-state index is 13.8. The second kappa shape index (κ2) is 5.22. The highest BCUT2D eigenvalue weighted by Crippen LogP contribution is 2.53. The van der Waals surface area contributed by atoms with Gasteiger partial charge in [0.15, 0.2) is 18.4 Å². The van der Waals surface area contributed by atoms with E-state index in [2.05, 4.69) is 0 Å². The number of halogens is 1. The van der Waals surface area contributed by atoms with Crippen LogP contribution in [0.5, 0.6) is 5.75 Å². The Morgan fingerprint density at radius 2 is 2.22 bits per heavy atom. The first-order valence-electron chi connectivity index (χ1n) is 5.81. The van der Waals surface area contributed by atoms with Gasteiger partial charge in [-0.25, -0.2) is 4.39 Å². The topological polar surface area (TPSA) is 58.9 Å². The van der Waals surface area contributed by atoms with Crippen molar-refractivity contribution >= 4 is 0 Å². The van der Waals surface area contributed by atoms with Crippen LogP contribution in [0, 0.1) is 11.7 Å². The average molecular weight is 256 g/mol. The Labute approximate surface area is 105 Å². The molecule has 1 aromatic rings. The number of aliphatic hydroxyl groups is 2. The first kappa shape index (κ1) is 13.3. The molecule has 4 nitrogen and oxygen atoms in total. The summed E-state index contributed by atoms with van der Waals surface area (Å²) in [5.41, 5.74) is 0.210. The fourth-order valence-electron chi connectivity index (χ4n) is 2.31. The summed E-state index contributed by atoms with van der Waals surface area (Å²) >= 11 is 0. The van der Waals surface area contributed by atoms with Crippen molar-refractivity contribution in [1.29, 1.82) is 0 Å². The van der Waals surface area contributed by atoms with Gasteiger partial charge >= 0.3 is 0 Å². The Kier molecular flexibility index (Phi) is 3.85. The minimum Gasteiger partial charge on any atom is -0.464 e. The van der Waals surface area contributed by atoms with Crippen molar-refractivity contribution in [3.63, 3.8) is 0 Å². The molecule has 100 valence electrons. The Morgan fingerprint density at radius 3 is 2.72 bits per heavy atom. The van der Waals surface area contributed by atoms with Crippen molar-refractivity contribution in [2.45, 2.75) is 11.8 Å². The maximum atomic E-state index is 13.8. The lowest BCUT2D eigenvalue weighted by molar-refractivity contribution is 0.0482. The average Bonchev–Trinajstić information content (AvgIpc) is 3.12. The van der Waals surface area contributed by atoms with Crippen LogP contribution >= 0.6 is 0 Å². The van der Waals surface area contributed by atoms with Gasteiger partial charge in [0.1, 0.15) is 0 Å². The van der Waals surface area contributed by atoms with E-state index >= 15 is 0 Å². The molecule has 5 heteroatoms. The van der Waals surface area contributed by atoms with E-state index in [1.165, 1.54) is 19.2 Å². The van der Waals surface area contributed by atoms with Gasteiger partial charge in [-0.05, 0) is 30.0 Å². The van der Waals surface area contributed by atoms with Gasteiger partial charge < -0.3 is 19.7 Å². The van der Waals surface area contributed by atoms with Gasteiger partial charge in [0.25, 0.3) is 0 Å². The van der Waals surface area contributed by atoms with Crippen molar-refractivity contribution in [2.24, 2.45) is 5.92 Å². The lowest BCUT2D eigenvalue weighted by Crippen LogP contribution is -2.17. The predicted molar refractivity (Wildman–Crippen MR) is 62.9 cm³/mol. The van der Waals surface area contributed by atoms with Crippen LogP contribution in [0.3, 0.4) is 0 Å². The van der Waals surface area contributed by atoms with Crippen molar-refractivity contribution in [2.75, 3.05) is 27.1 Å². The number of hydrogen-bond donors (Lipinski definition) is 2. The maximum Gasteiger partial charge on any atom is 0.188 e. The van der Waals surface area contributed by atoms with E-state index in [1.807, 2.05) is 0 Å². The normalized spacial score (nSPS) is 26.1. The lowest BCUT2D eigenvalue weighted by Gasteiger charge is -2.15. The molecule has 1 aromatic carbocycles. The highest BCUT2D eigenvalue weighted by Gasteiger charge is 2.54. The van der Waals surface area contributed by atoms with E-state index in [1.54, 1.807) is 6.07 Å². The van der Waals surface area contributed by atoms with Crippen LogP contribution in [-0.4, -0.2) is 37.3 Å². The summed E-state index contributed by atoms with van der Waals surface area (Å²) in [6.07, 6.45) is 0.678. The second-order valence-corrected chi connectivity index (χ2v) is 4.59. The lowest BCUT2D eigenvalue weighted by atomic mass is 9.94. The summed E-state index contributed by atoms with van der Waals surface area (Å²) in [6, 6.07) is 4.60. The molecular formula is C13H17FO4. The molecular weight excluding hydrogens is 239 g/mol. The molecule has 0 spiro atoms. The van der Waals surface area contributed by atoms with Crippen LogP contribution in [0.2, 0.25) is 0 Å². The summed E-state index contributed by atoms with van der Waals surface area (Å²) in [5, 5.41) is 18.6. The van der Waals surface area contributed by atoms with E-state index in [4.69, 9.17) is 14.6 Å². The standard InChI is InChI=1S/C13H17FO4/c1-17-8-18-12-3-2-9(4-11(12)14)13(7-16)5-10(13)6-15/h2-4,10,15-16H,5-8H2,1H3/t10-,13+/m0/s1. The first-order chi connectivity index (χ1) is 8.67. The SMILES string of the molecule is COCOc1ccc([C@]2(CO)C[C@H]2CO)cc1F. The van der Waals surface area contributed by atoms with E-state index < -0.39 is 11.2 Å². The van der Waals surface area contributed by atoms with Crippen LogP contribution in [0.15, 0.2) is 18.2 Å². The van der Waals surface area contributed by atoms with Crippen LogP contribution in [0.4, 0.5) is 4.39 Å². The Hall–Kier alpha value is -1.17. The van der Waals surface area contributed by atoms with Crippen LogP contribution < -0.4 is 4.74 Å². The first-order valence-corrected chi connectivity index (χ1v) is 5.81. The Morgan fingerprint density at radius 1 is 1.44 bits per heavy atom. The van der Waals surface area contributed by atoms with Gasteiger partial charge in [-0.2, -0.15) is 0 Å². The zero-order valence-electron chi connectivity index (χ0n) is 10.2. The molecule has 0 aromatic heterocycles. The molecule has 1 saturated carbocycles. The number of ether oxygens (including phenoxy) is 2. The third-order valence-electron chi connectivity index (χ3n) is 3.57. The predicted octanol–water partition coefficient (Wildman–Crippen LogP) is 1.05. The van der Waals surface area contributed by atoms with Gasteiger partial charge in [-0.1, -0.05) is 6.07 Å². The van der Waals surface area contributed by atoms with Gasteiger partial charge in [-0.3, -0.25) is 0 Å². The molecule has 0 amide bonds. The summed E-state index contributed by atoms with van der Waals surface area (Å²) in [4.78, 5) is 0. The molecule has 0 saturated heterocycles. The molecule has 1 fully saturated rings. The van der Waals surface area contributed by atoms with Gasteiger partial charge in [0.05, 0.1) is 6.61 Å². The highest BCUT2D eigenvalue weighted by atomic mass is 19.1. The molecule has 0 unspecified atom stereocenters. The molecule has 18 heavy (non-hydrogen) atoms. The monoisotopic (exact) mass is 256 g/mol. The largest absolute Gasteiger partial charge is 0.464 e. The zero-order valence-corrected chi connectivity index (χ0v) is 10.2. The minimum absolute atomic E-state index is 0.00407. The quantitative estimate of drug-likeness (QED) is 0.747. The third-order valence-corrected chi connectivity index (χ3v) is 3.57. The summed E-state index contributed by atoms with van der Waals surface area (Å²) in [6.45, 7) is -0.0965. The van der Waals surface area contributed by atoms with E-state index in [9.17, 15) is 9.50 Å². The summed E-state index contributed by atoms with van der Waals surface area (Å²) < 4.78 is 23.5. The van der Waals surface area contributed by atoms with Crippen LogP contribution in [0.25, 0.3) is 0 Å². The van der Waals surface area contributed by atoms with E-state index in [-0.39, 0.29) is 31.7 Å². The number of methoxy groups -OCH3 is 1. The van der Waals surface area contributed by atoms with Crippen molar-refractivity contribution in [1.82, 2.24) is 0 Å². The third kappa shape index (κ3) is 2.21. The molecule has 1 aliphatic carbocycles. The fraction of sp³-hybridized carbons (Fsp3) is 0.538. The number of benzene rings is 1. The van der Waals surface area contributed by atoms with Crippen LogP contribution in [0.1, 0.15) is 12.0 Å². The smallest absolute Gasteiger partial charge is 0.188 e.